The van der Waals surface area contributed by atoms with Crippen LogP contribution in [0.3, 0.4) is 0 Å². The molecular formula is C11H13BrCl2O. The van der Waals surface area contributed by atoms with Gasteiger partial charge in [0.25, 0.3) is 0 Å². The van der Waals surface area contributed by atoms with Crippen molar-refractivity contribution in [2.24, 2.45) is 5.92 Å². The Kier molecular flexibility index (Phi) is 4.91. The predicted molar refractivity (Wildman–Crippen MR) is 68.6 cm³/mol. The fourth-order valence-corrected chi connectivity index (χ4v) is 2.26. The van der Waals surface area contributed by atoms with Crippen LogP contribution in [-0.2, 0) is 0 Å². The number of benzene rings is 1. The van der Waals surface area contributed by atoms with Gasteiger partial charge in [-0.3, -0.25) is 0 Å². The van der Waals surface area contributed by atoms with Gasteiger partial charge in [-0.05, 0) is 34.0 Å². The van der Waals surface area contributed by atoms with E-state index >= 15 is 0 Å². The van der Waals surface area contributed by atoms with E-state index in [1.54, 1.807) is 12.1 Å². The lowest BCUT2D eigenvalue weighted by atomic mass is 9.95. The van der Waals surface area contributed by atoms with Gasteiger partial charge in [-0.15, -0.1) is 0 Å². The van der Waals surface area contributed by atoms with Crippen molar-refractivity contribution >= 4 is 39.1 Å². The largest absolute Gasteiger partial charge is 0.388 e. The number of hydrogen-bond acceptors (Lipinski definition) is 1. The molecule has 0 fully saturated rings. The predicted octanol–water partition coefficient (Wildman–Crippen LogP) is 4.84. The molecule has 1 nitrogen and oxygen atoms in total. The van der Waals surface area contributed by atoms with E-state index in [-0.39, 0.29) is 5.92 Å². The van der Waals surface area contributed by atoms with Crippen molar-refractivity contribution in [3.63, 3.8) is 0 Å². The van der Waals surface area contributed by atoms with Crippen LogP contribution < -0.4 is 0 Å². The van der Waals surface area contributed by atoms with Gasteiger partial charge in [-0.2, -0.15) is 0 Å². The zero-order valence-corrected chi connectivity index (χ0v) is 11.7. The normalized spacial score (nSPS) is 15.1. The molecule has 15 heavy (non-hydrogen) atoms. The van der Waals surface area contributed by atoms with Crippen molar-refractivity contribution in [1.82, 2.24) is 0 Å². The van der Waals surface area contributed by atoms with Crippen LogP contribution in [0.1, 0.15) is 31.9 Å². The summed E-state index contributed by atoms with van der Waals surface area (Å²) in [6, 6.07) is 3.51. The Morgan fingerprint density at radius 1 is 1.40 bits per heavy atom. The van der Waals surface area contributed by atoms with Crippen LogP contribution >= 0.6 is 39.1 Å². The Bertz CT molecular complexity index is 355. The number of aliphatic hydroxyl groups is 1. The zero-order chi connectivity index (χ0) is 11.6. The highest BCUT2D eigenvalue weighted by Gasteiger charge is 2.21. The van der Waals surface area contributed by atoms with E-state index in [1.807, 2.05) is 13.8 Å². The molecule has 1 rings (SSSR count). The Morgan fingerprint density at radius 3 is 2.53 bits per heavy atom. The third-order valence-corrected chi connectivity index (χ3v) is 4.18. The summed E-state index contributed by atoms with van der Waals surface area (Å²) < 4.78 is 0.755. The lowest BCUT2D eigenvalue weighted by Gasteiger charge is -2.20. The Morgan fingerprint density at radius 2 is 2.00 bits per heavy atom. The first-order valence-corrected chi connectivity index (χ1v) is 6.35. The van der Waals surface area contributed by atoms with Crippen molar-refractivity contribution < 1.29 is 5.11 Å². The molecule has 1 N–H and O–H groups in total. The second-order valence-electron chi connectivity index (χ2n) is 3.59. The summed E-state index contributed by atoms with van der Waals surface area (Å²) in [5, 5.41) is 11.1. The van der Waals surface area contributed by atoms with Crippen LogP contribution in [-0.4, -0.2) is 5.11 Å². The van der Waals surface area contributed by atoms with E-state index in [4.69, 9.17) is 23.2 Å². The van der Waals surface area contributed by atoms with E-state index in [0.717, 1.165) is 10.9 Å². The van der Waals surface area contributed by atoms with E-state index in [9.17, 15) is 5.11 Å². The van der Waals surface area contributed by atoms with E-state index in [2.05, 4.69) is 15.9 Å². The number of hydrogen-bond donors (Lipinski definition) is 1. The summed E-state index contributed by atoms with van der Waals surface area (Å²) in [5.41, 5.74) is 0.613. The lowest BCUT2D eigenvalue weighted by Crippen LogP contribution is -2.09. The molecule has 0 amide bonds. The maximum absolute atomic E-state index is 10.1. The van der Waals surface area contributed by atoms with Crippen LogP contribution in [0.5, 0.6) is 0 Å². The molecule has 0 heterocycles. The first-order valence-electron chi connectivity index (χ1n) is 4.80. The highest BCUT2D eigenvalue weighted by molar-refractivity contribution is 9.10. The standard InChI is InChI=1S/C11H13BrCl2O/c1-3-6(2)11(15)9-8(13)5-4-7(12)10(9)14/h4-6,11,15H,3H2,1-2H3. The Labute approximate surface area is 109 Å². The highest BCUT2D eigenvalue weighted by atomic mass is 79.9. The average molecular weight is 312 g/mol. The minimum absolute atomic E-state index is 0.134. The molecular weight excluding hydrogens is 299 g/mol. The second kappa shape index (κ2) is 5.53. The Balaban J connectivity index is 3.18. The van der Waals surface area contributed by atoms with Crippen LogP contribution in [0.2, 0.25) is 10.0 Å². The number of rotatable bonds is 3. The van der Waals surface area contributed by atoms with Crippen LogP contribution in [0.25, 0.3) is 0 Å². The van der Waals surface area contributed by atoms with Crippen LogP contribution in [0.15, 0.2) is 16.6 Å². The molecule has 0 aliphatic heterocycles. The monoisotopic (exact) mass is 310 g/mol. The molecule has 0 radical (unpaired) electrons. The summed E-state index contributed by atoms with van der Waals surface area (Å²) in [5.74, 6) is 0.134. The summed E-state index contributed by atoms with van der Waals surface area (Å²) >= 11 is 15.5. The van der Waals surface area contributed by atoms with Gasteiger partial charge in [0.1, 0.15) is 0 Å². The summed E-state index contributed by atoms with van der Waals surface area (Å²) in [7, 11) is 0. The highest BCUT2D eigenvalue weighted by Crippen LogP contribution is 2.38. The van der Waals surface area contributed by atoms with Gasteiger partial charge in [0.05, 0.1) is 11.1 Å². The number of aliphatic hydroxyl groups excluding tert-OH is 1. The van der Waals surface area contributed by atoms with Crippen molar-refractivity contribution in [2.45, 2.75) is 26.4 Å². The van der Waals surface area contributed by atoms with Gasteiger partial charge >= 0.3 is 0 Å². The molecule has 0 aromatic heterocycles. The molecule has 0 saturated carbocycles. The molecule has 0 bridgehead atoms. The molecule has 0 spiro atoms. The summed E-state index contributed by atoms with van der Waals surface area (Å²) in [6.07, 6.45) is 0.257. The molecule has 2 atom stereocenters. The molecule has 4 heteroatoms. The Hall–Kier alpha value is 0.240. The average Bonchev–Trinajstić information content (AvgIpc) is 2.22. The molecule has 1 aromatic rings. The fraction of sp³-hybridized carbons (Fsp3) is 0.455. The lowest BCUT2D eigenvalue weighted by molar-refractivity contribution is 0.115. The van der Waals surface area contributed by atoms with Crippen molar-refractivity contribution in [1.29, 1.82) is 0 Å². The summed E-state index contributed by atoms with van der Waals surface area (Å²) in [6.45, 7) is 3.99. The van der Waals surface area contributed by atoms with Crippen LogP contribution in [0, 0.1) is 5.92 Å². The molecule has 0 aliphatic carbocycles. The minimum Gasteiger partial charge on any atom is -0.388 e. The molecule has 0 saturated heterocycles. The van der Waals surface area contributed by atoms with Crippen molar-refractivity contribution in [2.75, 3.05) is 0 Å². The maximum atomic E-state index is 10.1. The van der Waals surface area contributed by atoms with Crippen molar-refractivity contribution in [3.8, 4) is 0 Å². The summed E-state index contributed by atoms with van der Waals surface area (Å²) in [4.78, 5) is 0. The van der Waals surface area contributed by atoms with Gasteiger partial charge in [0.15, 0.2) is 0 Å². The molecule has 1 aromatic carbocycles. The first-order chi connectivity index (χ1) is 6.99. The fourth-order valence-electron chi connectivity index (χ4n) is 1.32. The third kappa shape index (κ3) is 2.88. The van der Waals surface area contributed by atoms with E-state index in [1.165, 1.54) is 0 Å². The van der Waals surface area contributed by atoms with Gasteiger partial charge in [-0.25, -0.2) is 0 Å². The third-order valence-electron chi connectivity index (χ3n) is 2.56. The molecule has 84 valence electrons. The van der Waals surface area contributed by atoms with Gasteiger partial charge in [0.2, 0.25) is 0 Å². The van der Waals surface area contributed by atoms with Gasteiger partial charge in [-0.1, -0.05) is 43.5 Å². The van der Waals surface area contributed by atoms with E-state index in [0.29, 0.717) is 15.6 Å². The smallest absolute Gasteiger partial charge is 0.0844 e. The SMILES string of the molecule is CCC(C)C(O)c1c(Cl)ccc(Br)c1Cl. The number of halogens is 3. The van der Waals surface area contributed by atoms with Gasteiger partial charge < -0.3 is 5.11 Å². The first kappa shape index (κ1) is 13.3. The van der Waals surface area contributed by atoms with Crippen LogP contribution in [0.4, 0.5) is 0 Å². The maximum Gasteiger partial charge on any atom is 0.0844 e. The topological polar surface area (TPSA) is 20.2 Å². The minimum atomic E-state index is -0.618. The van der Waals surface area contributed by atoms with Crippen molar-refractivity contribution in [3.05, 3.63) is 32.2 Å². The zero-order valence-electron chi connectivity index (χ0n) is 8.60. The molecule has 2 unspecified atom stereocenters. The van der Waals surface area contributed by atoms with Gasteiger partial charge in [0, 0.05) is 15.1 Å². The van der Waals surface area contributed by atoms with E-state index < -0.39 is 6.10 Å². The quantitative estimate of drug-likeness (QED) is 0.792. The molecule has 0 aliphatic rings. The second-order valence-corrected chi connectivity index (χ2v) is 5.23.